The van der Waals surface area contributed by atoms with Gasteiger partial charge in [0.2, 0.25) is 11.8 Å². The first-order chi connectivity index (χ1) is 13.8. The molecule has 0 fully saturated rings. The summed E-state index contributed by atoms with van der Waals surface area (Å²) >= 11 is 6.15. The highest BCUT2D eigenvalue weighted by molar-refractivity contribution is 7.91. The zero-order chi connectivity index (χ0) is 20.9. The zero-order valence-corrected chi connectivity index (χ0v) is 18.0. The molecule has 6 nitrogen and oxygen atoms in total. The summed E-state index contributed by atoms with van der Waals surface area (Å²) in [5, 5.41) is 3.17. The van der Waals surface area contributed by atoms with Gasteiger partial charge in [0.15, 0.2) is 9.84 Å². The summed E-state index contributed by atoms with van der Waals surface area (Å²) < 4.78 is 30.5. The van der Waals surface area contributed by atoms with Crippen molar-refractivity contribution in [2.45, 2.75) is 44.8 Å². The highest BCUT2D eigenvalue weighted by Crippen LogP contribution is 2.29. The number of hydrogen-bond acceptors (Lipinski definition) is 5. The minimum Gasteiger partial charge on any atom is -0.441 e. The van der Waals surface area contributed by atoms with Crippen molar-refractivity contribution in [1.29, 1.82) is 0 Å². The molecule has 29 heavy (non-hydrogen) atoms. The van der Waals surface area contributed by atoms with Crippen molar-refractivity contribution in [3.8, 4) is 11.5 Å². The summed E-state index contributed by atoms with van der Waals surface area (Å²) in [5.41, 5.74) is 2.22. The van der Waals surface area contributed by atoms with Gasteiger partial charge in [0.25, 0.3) is 0 Å². The summed E-state index contributed by atoms with van der Waals surface area (Å²) in [7, 11) is -3.67. The Morgan fingerprint density at radius 2 is 2.07 bits per heavy atom. The first-order valence-electron chi connectivity index (χ1n) is 9.70. The fraction of sp³-hybridized carbons (Fsp3) is 0.429. The fourth-order valence-corrected chi connectivity index (χ4v) is 4.82. The van der Waals surface area contributed by atoms with Gasteiger partial charge in [-0.1, -0.05) is 35.4 Å². The predicted octanol–water partition coefficient (Wildman–Crippen LogP) is 4.22. The molecule has 0 spiro atoms. The van der Waals surface area contributed by atoms with Gasteiger partial charge in [0.05, 0.1) is 22.0 Å². The topological polar surface area (TPSA) is 89.3 Å². The van der Waals surface area contributed by atoms with Crippen LogP contribution in [0.3, 0.4) is 0 Å². The van der Waals surface area contributed by atoms with Crippen molar-refractivity contribution < 1.29 is 17.6 Å². The van der Waals surface area contributed by atoms with E-state index in [0.717, 1.165) is 19.3 Å². The van der Waals surface area contributed by atoms with Crippen LogP contribution in [0.5, 0.6) is 0 Å². The predicted molar refractivity (Wildman–Crippen MR) is 113 cm³/mol. The Bertz CT molecular complexity index is 1010. The molecule has 0 aliphatic heterocycles. The zero-order valence-electron chi connectivity index (χ0n) is 16.4. The molecular formula is C21H25ClN2O4S. The van der Waals surface area contributed by atoms with Gasteiger partial charge in [-0.2, -0.15) is 0 Å². The number of rotatable bonds is 8. The van der Waals surface area contributed by atoms with Crippen LogP contribution in [0.1, 0.15) is 43.6 Å². The van der Waals surface area contributed by atoms with Crippen LogP contribution in [0.4, 0.5) is 0 Å². The molecule has 0 bridgehead atoms. The van der Waals surface area contributed by atoms with Gasteiger partial charge in [-0.3, -0.25) is 4.79 Å². The quantitative estimate of drug-likeness (QED) is 0.625. The maximum Gasteiger partial charge on any atom is 0.235 e. The first-order valence-corrected chi connectivity index (χ1v) is 11.9. The van der Waals surface area contributed by atoms with Crippen LogP contribution in [0, 0.1) is 6.92 Å². The summed E-state index contributed by atoms with van der Waals surface area (Å²) in [6.07, 6.45) is 7.54. The molecule has 1 N–H and O–H groups in total. The van der Waals surface area contributed by atoms with Crippen molar-refractivity contribution in [3.63, 3.8) is 0 Å². The average molecular weight is 437 g/mol. The normalized spacial score (nSPS) is 14.5. The third-order valence-corrected chi connectivity index (χ3v) is 6.60. The number of sulfone groups is 1. The van der Waals surface area contributed by atoms with E-state index in [0.29, 0.717) is 28.6 Å². The standard InChI is InChI=1S/C21H25ClN2O4S/c1-15-19(24-21(28-15)17-9-5-6-10-18(17)22)13-29(26,27)14-20(25)23-12-11-16-7-3-2-4-8-16/h5-7,9-10H,2-4,8,11-14H2,1H3,(H,23,25). The van der Waals surface area contributed by atoms with E-state index in [4.69, 9.17) is 16.0 Å². The Hall–Kier alpha value is -2.12. The Morgan fingerprint density at radius 3 is 2.79 bits per heavy atom. The molecule has 0 atom stereocenters. The average Bonchev–Trinajstić information content (AvgIpc) is 3.02. The van der Waals surface area contributed by atoms with E-state index in [1.54, 1.807) is 31.2 Å². The minimum atomic E-state index is -3.67. The number of nitrogens with one attached hydrogen (secondary N) is 1. The van der Waals surface area contributed by atoms with Gasteiger partial charge in [0.1, 0.15) is 11.5 Å². The molecule has 8 heteroatoms. The molecular weight excluding hydrogens is 412 g/mol. The third-order valence-electron chi connectivity index (χ3n) is 4.86. The van der Waals surface area contributed by atoms with Crippen LogP contribution < -0.4 is 5.32 Å². The van der Waals surface area contributed by atoms with E-state index < -0.39 is 21.5 Å². The van der Waals surface area contributed by atoms with Crippen LogP contribution in [-0.4, -0.2) is 31.6 Å². The van der Waals surface area contributed by atoms with Gasteiger partial charge < -0.3 is 9.73 Å². The minimum absolute atomic E-state index is 0.267. The van der Waals surface area contributed by atoms with E-state index in [2.05, 4.69) is 16.4 Å². The largest absolute Gasteiger partial charge is 0.441 e. The van der Waals surface area contributed by atoms with Crippen LogP contribution in [0.25, 0.3) is 11.5 Å². The molecule has 1 aromatic carbocycles. The van der Waals surface area contributed by atoms with Crippen LogP contribution in [0.15, 0.2) is 40.3 Å². The second-order valence-electron chi connectivity index (χ2n) is 7.24. The molecule has 0 radical (unpaired) electrons. The number of benzene rings is 1. The van der Waals surface area contributed by atoms with Crippen molar-refractivity contribution in [1.82, 2.24) is 10.3 Å². The number of halogens is 1. The van der Waals surface area contributed by atoms with Gasteiger partial charge >= 0.3 is 0 Å². The number of nitrogens with zero attached hydrogens (tertiary/aromatic N) is 1. The molecule has 0 saturated carbocycles. The smallest absolute Gasteiger partial charge is 0.235 e. The molecule has 1 aliphatic carbocycles. The van der Waals surface area contributed by atoms with Crippen molar-refractivity contribution in [2.24, 2.45) is 0 Å². The van der Waals surface area contributed by atoms with Gasteiger partial charge in [0, 0.05) is 6.54 Å². The number of hydrogen-bond donors (Lipinski definition) is 1. The highest BCUT2D eigenvalue weighted by atomic mass is 35.5. The lowest BCUT2D eigenvalue weighted by molar-refractivity contribution is -0.118. The number of oxazole rings is 1. The summed E-state index contributed by atoms with van der Waals surface area (Å²) in [4.78, 5) is 16.4. The van der Waals surface area contributed by atoms with Gasteiger partial charge in [-0.05, 0) is 51.2 Å². The molecule has 1 heterocycles. The monoisotopic (exact) mass is 436 g/mol. The Morgan fingerprint density at radius 1 is 1.28 bits per heavy atom. The Labute approximate surface area is 176 Å². The van der Waals surface area contributed by atoms with Gasteiger partial charge in [-0.15, -0.1) is 0 Å². The van der Waals surface area contributed by atoms with Crippen LogP contribution >= 0.6 is 11.6 Å². The maximum absolute atomic E-state index is 12.5. The van der Waals surface area contributed by atoms with Crippen molar-refractivity contribution >= 4 is 27.3 Å². The number of allylic oxidation sites excluding steroid dienone is 1. The van der Waals surface area contributed by atoms with E-state index in [9.17, 15) is 13.2 Å². The lowest BCUT2D eigenvalue weighted by Crippen LogP contribution is -2.31. The molecule has 156 valence electrons. The number of aromatic nitrogens is 1. The molecule has 2 aromatic rings. The van der Waals surface area contributed by atoms with E-state index >= 15 is 0 Å². The summed E-state index contributed by atoms with van der Waals surface area (Å²) in [5.74, 6) is -0.754. The molecule has 1 aliphatic rings. The van der Waals surface area contributed by atoms with Gasteiger partial charge in [-0.25, -0.2) is 13.4 Å². The molecule has 1 aromatic heterocycles. The number of amides is 1. The Kier molecular flexibility index (Phi) is 7.14. The lowest BCUT2D eigenvalue weighted by atomic mass is 9.97. The van der Waals surface area contributed by atoms with E-state index in [1.165, 1.54) is 18.4 Å². The van der Waals surface area contributed by atoms with E-state index in [1.807, 2.05) is 0 Å². The Balaban J connectivity index is 1.57. The summed E-state index contributed by atoms with van der Waals surface area (Å²) in [6.45, 7) is 2.11. The molecule has 0 unspecified atom stereocenters. The third kappa shape index (κ3) is 6.18. The van der Waals surface area contributed by atoms with Crippen molar-refractivity contribution in [2.75, 3.05) is 12.3 Å². The number of carbonyl (C=O) groups is 1. The second kappa shape index (κ2) is 9.59. The maximum atomic E-state index is 12.5. The number of aryl methyl sites for hydroxylation is 1. The number of carbonyl (C=O) groups excluding carboxylic acids is 1. The van der Waals surface area contributed by atoms with Crippen molar-refractivity contribution in [3.05, 3.63) is 52.4 Å². The first kappa shape index (κ1) is 21.6. The van der Waals surface area contributed by atoms with E-state index in [-0.39, 0.29) is 11.6 Å². The SMILES string of the molecule is Cc1oc(-c2ccccc2Cl)nc1CS(=O)(=O)CC(=O)NCCC1=CCCCC1. The lowest BCUT2D eigenvalue weighted by Gasteiger charge is -2.12. The van der Waals surface area contributed by atoms with Crippen LogP contribution in [0.2, 0.25) is 5.02 Å². The molecule has 1 amide bonds. The molecule has 3 rings (SSSR count). The summed E-state index contributed by atoms with van der Waals surface area (Å²) in [6, 6.07) is 7.04. The fourth-order valence-electron chi connectivity index (χ4n) is 3.32. The second-order valence-corrected chi connectivity index (χ2v) is 9.71. The highest BCUT2D eigenvalue weighted by Gasteiger charge is 2.22. The van der Waals surface area contributed by atoms with Crippen LogP contribution in [-0.2, 0) is 20.4 Å². The molecule has 0 saturated heterocycles.